The molecule has 0 saturated carbocycles. The normalized spacial score (nSPS) is 21.1. The van der Waals surface area contributed by atoms with Crippen LogP contribution in [0.5, 0.6) is 0 Å². The lowest BCUT2D eigenvalue weighted by molar-refractivity contribution is -0.142. The Labute approximate surface area is 106 Å². The predicted octanol–water partition coefficient (Wildman–Crippen LogP) is 0.967. The van der Waals surface area contributed by atoms with Crippen LogP contribution in [0.1, 0.15) is 23.8 Å². The molecule has 1 aromatic heterocycles. The van der Waals surface area contributed by atoms with Crippen LogP contribution in [-0.2, 0) is 16.1 Å². The molecule has 1 aromatic rings. The number of rotatable bonds is 4. The molecule has 0 amide bonds. The fraction of sp³-hybridized carbons (Fsp3) is 0.667. The van der Waals surface area contributed by atoms with E-state index in [-0.39, 0.29) is 12.5 Å². The fourth-order valence-electron chi connectivity index (χ4n) is 2.04. The highest BCUT2D eigenvalue weighted by Gasteiger charge is 2.23. The number of aromatic nitrogens is 1. The molecule has 0 bridgehead atoms. The number of aryl methyl sites for hydroxylation is 2. The molecule has 1 N–H and O–H groups in total. The number of carboxylic acids is 1. The topological polar surface area (TPSA) is 75.8 Å². The molecule has 1 fully saturated rings. The van der Waals surface area contributed by atoms with Gasteiger partial charge in [0, 0.05) is 13.1 Å². The monoisotopic (exact) mass is 254 g/mol. The van der Waals surface area contributed by atoms with Gasteiger partial charge in [0.05, 0.1) is 31.4 Å². The summed E-state index contributed by atoms with van der Waals surface area (Å²) in [6.07, 6.45) is -0.200. The lowest BCUT2D eigenvalue weighted by Crippen LogP contribution is -2.42. The Hall–Kier alpha value is -1.40. The highest BCUT2D eigenvalue weighted by molar-refractivity contribution is 5.67. The van der Waals surface area contributed by atoms with E-state index in [4.69, 9.17) is 14.3 Å². The van der Waals surface area contributed by atoms with E-state index in [1.807, 2.05) is 13.8 Å². The minimum absolute atomic E-state index is 0.0418. The number of hydrogen-bond acceptors (Lipinski definition) is 5. The summed E-state index contributed by atoms with van der Waals surface area (Å²) in [6.45, 7) is 6.33. The van der Waals surface area contributed by atoms with E-state index in [9.17, 15) is 4.79 Å². The van der Waals surface area contributed by atoms with Crippen LogP contribution in [0.25, 0.3) is 0 Å². The number of nitrogens with zero attached hydrogens (tertiary/aromatic N) is 2. The van der Waals surface area contributed by atoms with Gasteiger partial charge in [0.25, 0.3) is 0 Å². The van der Waals surface area contributed by atoms with Crippen LogP contribution in [0.3, 0.4) is 0 Å². The average molecular weight is 254 g/mol. The van der Waals surface area contributed by atoms with Gasteiger partial charge in [-0.1, -0.05) is 0 Å². The van der Waals surface area contributed by atoms with E-state index in [1.54, 1.807) is 0 Å². The first-order chi connectivity index (χ1) is 8.54. The Morgan fingerprint density at radius 1 is 1.56 bits per heavy atom. The molecule has 18 heavy (non-hydrogen) atoms. The standard InChI is InChI=1S/C12H18N2O4/c1-8-9(2)18-11(13-8)7-14-3-4-17-10(6-14)5-12(15)16/h10H,3-7H2,1-2H3,(H,15,16). The smallest absolute Gasteiger partial charge is 0.306 e. The molecule has 6 nitrogen and oxygen atoms in total. The Balaban J connectivity index is 1.91. The second kappa shape index (κ2) is 5.49. The van der Waals surface area contributed by atoms with Crippen molar-refractivity contribution in [2.24, 2.45) is 0 Å². The van der Waals surface area contributed by atoms with Crippen molar-refractivity contribution in [2.45, 2.75) is 32.9 Å². The van der Waals surface area contributed by atoms with E-state index in [0.29, 0.717) is 25.6 Å². The van der Waals surface area contributed by atoms with E-state index in [0.717, 1.165) is 18.0 Å². The van der Waals surface area contributed by atoms with Gasteiger partial charge in [-0.2, -0.15) is 0 Å². The van der Waals surface area contributed by atoms with Crippen molar-refractivity contribution in [2.75, 3.05) is 19.7 Å². The lowest BCUT2D eigenvalue weighted by Gasteiger charge is -2.31. The number of aliphatic carboxylic acids is 1. The van der Waals surface area contributed by atoms with Gasteiger partial charge in [-0.3, -0.25) is 9.69 Å². The molecule has 1 aliphatic rings. The molecule has 2 heterocycles. The summed E-state index contributed by atoms with van der Waals surface area (Å²) >= 11 is 0. The third kappa shape index (κ3) is 3.30. The molecule has 0 radical (unpaired) electrons. The molecular weight excluding hydrogens is 236 g/mol. The Morgan fingerprint density at radius 2 is 2.33 bits per heavy atom. The summed E-state index contributed by atoms with van der Waals surface area (Å²) in [5.41, 5.74) is 0.903. The van der Waals surface area contributed by atoms with Gasteiger partial charge in [-0.25, -0.2) is 4.98 Å². The molecule has 2 rings (SSSR count). The molecule has 6 heteroatoms. The van der Waals surface area contributed by atoms with Crippen LogP contribution < -0.4 is 0 Å². The van der Waals surface area contributed by atoms with E-state index >= 15 is 0 Å². The number of carboxylic acid groups (broad SMARTS) is 1. The zero-order valence-corrected chi connectivity index (χ0v) is 10.7. The van der Waals surface area contributed by atoms with Gasteiger partial charge in [0.1, 0.15) is 5.76 Å². The summed E-state index contributed by atoms with van der Waals surface area (Å²) in [5.74, 6) is 0.686. The van der Waals surface area contributed by atoms with Crippen molar-refractivity contribution in [1.29, 1.82) is 0 Å². The van der Waals surface area contributed by atoms with Crippen LogP contribution >= 0.6 is 0 Å². The molecule has 1 atom stereocenters. The van der Waals surface area contributed by atoms with E-state index in [2.05, 4.69) is 9.88 Å². The maximum atomic E-state index is 10.7. The minimum Gasteiger partial charge on any atom is -0.481 e. The zero-order chi connectivity index (χ0) is 13.1. The number of ether oxygens (including phenoxy) is 1. The minimum atomic E-state index is -0.829. The summed E-state index contributed by atoms with van der Waals surface area (Å²) < 4.78 is 10.9. The summed E-state index contributed by atoms with van der Waals surface area (Å²) in [6, 6.07) is 0. The van der Waals surface area contributed by atoms with Crippen LogP contribution in [0.15, 0.2) is 4.42 Å². The van der Waals surface area contributed by atoms with E-state index in [1.165, 1.54) is 0 Å². The van der Waals surface area contributed by atoms with Crippen molar-refractivity contribution in [1.82, 2.24) is 9.88 Å². The second-order valence-corrected chi connectivity index (χ2v) is 4.57. The molecule has 0 spiro atoms. The fourth-order valence-corrected chi connectivity index (χ4v) is 2.04. The lowest BCUT2D eigenvalue weighted by atomic mass is 10.2. The quantitative estimate of drug-likeness (QED) is 0.862. The zero-order valence-electron chi connectivity index (χ0n) is 10.7. The predicted molar refractivity (Wildman–Crippen MR) is 63.2 cm³/mol. The van der Waals surface area contributed by atoms with Crippen molar-refractivity contribution >= 4 is 5.97 Å². The van der Waals surface area contributed by atoms with Crippen molar-refractivity contribution < 1.29 is 19.1 Å². The molecule has 0 aliphatic carbocycles. The number of oxazole rings is 1. The number of carbonyl (C=O) groups is 1. The highest BCUT2D eigenvalue weighted by Crippen LogP contribution is 2.14. The van der Waals surface area contributed by atoms with Crippen LogP contribution in [-0.4, -0.2) is 46.8 Å². The van der Waals surface area contributed by atoms with Gasteiger partial charge < -0.3 is 14.3 Å². The average Bonchev–Trinajstić information content (AvgIpc) is 2.57. The Bertz CT molecular complexity index is 410. The first-order valence-electron chi connectivity index (χ1n) is 6.03. The molecule has 1 aliphatic heterocycles. The Kier molecular flexibility index (Phi) is 3.98. The first-order valence-corrected chi connectivity index (χ1v) is 6.03. The van der Waals surface area contributed by atoms with Gasteiger partial charge in [0.15, 0.2) is 0 Å². The largest absolute Gasteiger partial charge is 0.481 e. The van der Waals surface area contributed by atoms with Crippen LogP contribution in [0.2, 0.25) is 0 Å². The maximum Gasteiger partial charge on any atom is 0.306 e. The molecule has 1 unspecified atom stereocenters. The van der Waals surface area contributed by atoms with Crippen molar-refractivity contribution in [3.05, 3.63) is 17.3 Å². The second-order valence-electron chi connectivity index (χ2n) is 4.57. The summed E-state index contributed by atoms with van der Waals surface area (Å²) in [4.78, 5) is 17.1. The SMILES string of the molecule is Cc1nc(CN2CCOC(CC(=O)O)C2)oc1C. The number of hydrogen-bond donors (Lipinski definition) is 1. The maximum absolute atomic E-state index is 10.7. The van der Waals surface area contributed by atoms with Crippen molar-refractivity contribution in [3.8, 4) is 0 Å². The Morgan fingerprint density at radius 3 is 2.94 bits per heavy atom. The number of morpholine rings is 1. The van der Waals surface area contributed by atoms with Crippen LogP contribution in [0.4, 0.5) is 0 Å². The molecule has 0 aromatic carbocycles. The van der Waals surface area contributed by atoms with Gasteiger partial charge in [-0.05, 0) is 13.8 Å². The van der Waals surface area contributed by atoms with Gasteiger partial charge in [0.2, 0.25) is 5.89 Å². The van der Waals surface area contributed by atoms with Crippen LogP contribution in [0, 0.1) is 13.8 Å². The molecular formula is C12H18N2O4. The van der Waals surface area contributed by atoms with Crippen molar-refractivity contribution in [3.63, 3.8) is 0 Å². The van der Waals surface area contributed by atoms with E-state index < -0.39 is 5.97 Å². The van der Waals surface area contributed by atoms with Gasteiger partial charge >= 0.3 is 5.97 Å². The molecule has 1 saturated heterocycles. The third-order valence-electron chi connectivity index (χ3n) is 3.06. The summed E-state index contributed by atoms with van der Waals surface area (Å²) in [5, 5.41) is 8.75. The summed E-state index contributed by atoms with van der Waals surface area (Å²) in [7, 11) is 0. The first kappa shape index (κ1) is 13.0. The highest BCUT2D eigenvalue weighted by atomic mass is 16.5. The molecule has 100 valence electrons. The third-order valence-corrected chi connectivity index (χ3v) is 3.06. The van der Waals surface area contributed by atoms with Gasteiger partial charge in [-0.15, -0.1) is 0 Å².